The van der Waals surface area contributed by atoms with Gasteiger partial charge in [0.2, 0.25) is 47.3 Å². The Morgan fingerprint density at radius 1 is 0.347 bits per heavy atom. The molecular formula is C33H48N4O12. The molecular weight excluding hydrogens is 644 g/mol. The van der Waals surface area contributed by atoms with Crippen LogP contribution in [0.15, 0.2) is 0 Å². The van der Waals surface area contributed by atoms with Gasteiger partial charge in [0, 0.05) is 104 Å². The topological polar surface area (TPSA) is 186 Å². The van der Waals surface area contributed by atoms with Gasteiger partial charge < -0.3 is 18.9 Å². The van der Waals surface area contributed by atoms with E-state index in [1.165, 1.54) is 19.6 Å². The van der Waals surface area contributed by atoms with E-state index in [1.54, 1.807) is 0 Å². The summed E-state index contributed by atoms with van der Waals surface area (Å²) in [6.07, 6.45) is 3.48. The normalized spacial score (nSPS) is 18.9. The van der Waals surface area contributed by atoms with E-state index in [-0.39, 0.29) is 178 Å². The standard InChI is InChI=1S/C33H48N4O12/c38-25-5-6-26(39)34(25)13-1-17-46-21-33(22-47-18-2-14-35-27(40)7-8-28(35)41,23-48-19-3-15-36-29(42)9-10-30(36)43)24-49-20-4-16-37-31(44)11-12-32(37)45/h1-24H2. The van der Waals surface area contributed by atoms with Crippen molar-refractivity contribution in [3.8, 4) is 0 Å². The second kappa shape index (κ2) is 19.0. The van der Waals surface area contributed by atoms with Crippen molar-refractivity contribution in [2.24, 2.45) is 5.41 Å². The summed E-state index contributed by atoms with van der Waals surface area (Å²) in [7, 11) is 0. The molecule has 16 heteroatoms. The first-order chi connectivity index (χ1) is 23.6. The molecule has 0 bridgehead atoms. The van der Waals surface area contributed by atoms with Crippen molar-refractivity contribution in [3.05, 3.63) is 0 Å². The molecule has 0 aromatic heterocycles. The highest BCUT2D eigenvalue weighted by atomic mass is 16.5. The van der Waals surface area contributed by atoms with Crippen molar-refractivity contribution in [2.45, 2.75) is 77.0 Å². The van der Waals surface area contributed by atoms with E-state index < -0.39 is 5.41 Å². The maximum Gasteiger partial charge on any atom is 0.229 e. The quantitative estimate of drug-likeness (QED) is 0.0990. The highest BCUT2D eigenvalue weighted by Gasteiger charge is 2.35. The van der Waals surface area contributed by atoms with E-state index in [2.05, 4.69) is 0 Å². The van der Waals surface area contributed by atoms with Crippen LogP contribution in [-0.4, -0.2) is 146 Å². The molecule has 0 atom stereocenters. The predicted octanol–water partition coefficient (Wildman–Crippen LogP) is 0.196. The Bertz CT molecular complexity index is 1000. The number of amides is 8. The lowest BCUT2D eigenvalue weighted by molar-refractivity contribution is -0.140. The number of rotatable bonds is 24. The Morgan fingerprint density at radius 3 is 0.714 bits per heavy atom. The number of ether oxygens (including phenoxy) is 4. The first kappa shape index (κ1) is 38.2. The summed E-state index contributed by atoms with van der Waals surface area (Å²) < 4.78 is 24.2. The van der Waals surface area contributed by atoms with Crippen LogP contribution in [0.3, 0.4) is 0 Å². The Hall–Kier alpha value is -3.60. The van der Waals surface area contributed by atoms with Crippen molar-refractivity contribution in [1.82, 2.24) is 19.6 Å². The molecule has 16 nitrogen and oxygen atoms in total. The largest absolute Gasteiger partial charge is 0.381 e. The lowest BCUT2D eigenvalue weighted by Gasteiger charge is -2.33. The summed E-state index contributed by atoms with van der Waals surface area (Å²) >= 11 is 0. The smallest absolute Gasteiger partial charge is 0.229 e. The second-order valence-corrected chi connectivity index (χ2v) is 12.9. The molecule has 0 aromatic carbocycles. The number of imide groups is 4. The molecule has 0 spiro atoms. The van der Waals surface area contributed by atoms with Crippen LogP contribution in [-0.2, 0) is 57.3 Å². The molecule has 4 heterocycles. The summed E-state index contributed by atoms with van der Waals surface area (Å²) in [4.78, 5) is 101. The van der Waals surface area contributed by atoms with Gasteiger partial charge in [0.1, 0.15) is 0 Å². The van der Waals surface area contributed by atoms with Crippen molar-refractivity contribution >= 4 is 47.3 Å². The van der Waals surface area contributed by atoms with E-state index in [0.717, 1.165) is 0 Å². The zero-order valence-electron chi connectivity index (χ0n) is 28.2. The van der Waals surface area contributed by atoms with E-state index in [1.807, 2.05) is 0 Å². The number of carbonyl (C=O) groups is 8. The fourth-order valence-electron chi connectivity index (χ4n) is 6.19. The van der Waals surface area contributed by atoms with Gasteiger partial charge in [-0.1, -0.05) is 0 Å². The fraction of sp³-hybridized carbons (Fsp3) is 0.758. The highest BCUT2D eigenvalue weighted by Crippen LogP contribution is 2.23. The summed E-state index contributed by atoms with van der Waals surface area (Å²) in [6.45, 7) is 2.52. The third-order valence-electron chi connectivity index (χ3n) is 8.93. The second-order valence-electron chi connectivity index (χ2n) is 12.9. The van der Waals surface area contributed by atoms with Gasteiger partial charge in [-0.15, -0.1) is 0 Å². The number of hydrogen-bond acceptors (Lipinski definition) is 12. The molecule has 4 saturated heterocycles. The Balaban J connectivity index is 1.32. The first-order valence-corrected chi connectivity index (χ1v) is 17.2. The third kappa shape index (κ3) is 11.2. The van der Waals surface area contributed by atoms with Crippen LogP contribution >= 0.6 is 0 Å². The molecule has 0 N–H and O–H groups in total. The highest BCUT2D eigenvalue weighted by molar-refractivity contribution is 6.03. The summed E-state index contributed by atoms with van der Waals surface area (Å²) in [5.74, 6) is -1.54. The van der Waals surface area contributed by atoms with Gasteiger partial charge in [0.05, 0.1) is 31.8 Å². The zero-order valence-corrected chi connectivity index (χ0v) is 28.2. The summed E-state index contributed by atoms with van der Waals surface area (Å²) in [5, 5.41) is 0. The molecule has 272 valence electrons. The van der Waals surface area contributed by atoms with E-state index in [9.17, 15) is 38.4 Å². The maximum absolute atomic E-state index is 12.0. The minimum Gasteiger partial charge on any atom is -0.381 e. The minimum atomic E-state index is -0.836. The van der Waals surface area contributed by atoms with Crippen molar-refractivity contribution in [2.75, 3.05) is 79.0 Å². The average molecular weight is 693 g/mol. The van der Waals surface area contributed by atoms with Crippen LogP contribution in [0.2, 0.25) is 0 Å². The molecule has 4 aliphatic rings. The molecule has 4 rings (SSSR count). The number of likely N-dealkylation sites (tertiary alicyclic amines) is 4. The SMILES string of the molecule is O=C1CCC(=O)N1CCCOCC(COCCCN1C(=O)CCC1=O)(COCCCN1C(=O)CCC1=O)COCCCN1C(=O)CCC1=O. The lowest BCUT2D eigenvalue weighted by atomic mass is 9.92. The third-order valence-corrected chi connectivity index (χ3v) is 8.93. The van der Waals surface area contributed by atoms with Gasteiger partial charge >= 0.3 is 0 Å². The summed E-state index contributed by atoms with van der Waals surface area (Å²) in [6, 6.07) is 0. The van der Waals surface area contributed by atoms with Crippen LogP contribution < -0.4 is 0 Å². The monoisotopic (exact) mass is 692 g/mol. The Morgan fingerprint density at radius 2 is 0.531 bits per heavy atom. The molecule has 0 aliphatic carbocycles. The lowest BCUT2D eigenvalue weighted by Crippen LogP contribution is -2.42. The zero-order chi connectivity index (χ0) is 35.2. The van der Waals surface area contributed by atoms with Crippen molar-refractivity contribution < 1.29 is 57.3 Å². The number of nitrogens with zero attached hydrogens (tertiary/aromatic N) is 4. The van der Waals surface area contributed by atoms with Gasteiger partial charge in [-0.3, -0.25) is 58.0 Å². The van der Waals surface area contributed by atoms with Gasteiger partial charge in [0.15, 0.2) is 0 Å². The fourth-order valence-corrected chi connectivity index (χ4v) is 6.19. The molecule has 0 saturated carbocycles. The van der Waals surface area contributed by atoms with E-state index in [4.69, 9.17) is 18.9 Å². The summed E-state index contributed by atoms with van der Waals surface area (Å²) in [5.41, 5.74) is -0.836. The molecule has 0 unspecified atom stereocenters. The van der Waals surface area contributed by atoms with E-state index >= 15 is 0 Å². The average Bonchev–Trinajstić information content (AvgIpc) is 3.79. The first-order valence-electron chi connectivity index (χ1n) is 17.2. The number of carbonyl (C=O) groups excluding carboxylic acids is 8. The van der Waals surface area contributed by atoms with Crippen molar-refractivity contribution in [1.29, 1.82) is 0 Å². The van der Waals surface area contributed by atoms with Crippen LogP contribution in [0.1, 0.15) is 77.0 Å². The molecule has 0 radical (unpaired) electrons. The molecule has 0 aromatic rings. The van der Waals surface area contributed by atoms with Gasteiger partial charge in [-0.05, 0) is 25.7 Å². The molecule has 4 aliphatic heterocycles. The van der Waals surface area contributed by atoms with Gasteiger partial charge in [-0.2, -0.15) is 0 Å². The molecule has 49 heavy (non-hydrogen) atoms. The Labute approximate surface area is 285 Å². The van der Waals surface area contributed by atoms with E-state index in [0.29, 0.717) is 25.7 Å². The van der Waals surface area contributed by atoms with Crippen LogP contribution in [0.4, 0.5) is 0 Å². The van der Waals surface area contributed by atoms with Crippen LogP contribution in [0.5, 0.6) is 0 Å². The molecule has 4 fully saturated rings. The predicted molar refractivity (Wildman–Crippen MR) is 168 cm³/mol. The van der Waals surface area contributed by atoms with Crippen LogP contribution in [0.25, 0.3) is 0 Å². The van der Waals surface area contributed by atoms with Gasteiger partial charge in [0.25, 0.3) is 0 Å². The van der Waals surface area contributed by atoms with Crippen molar-refractivity contribution in [3.63, 3.8) is 0 Å². The minimum absolute atomic E-state index is 0.129. The number of hydrogen-bond donors (Lipinski definition) is 0. The Kier molecular flexibility index (Phi) is 14.8. The van der Waals surface area contributed by atoms with Gasteiger partial charge in [-0.25, -0.2) is 0 Å². The van der Waals surface area contributed by atoms with Crippen LogP contribution in [0, 0.1) is 5.41 Å². The maximum atomic E-state index is 12.0. The molecule has 8 amide bonds.